The molecule has 8 nitrogen and oxygen atoms in total. The van der Waals surface area contributed by atoms with Crippen LogP contribution in [0.15, 0.2) is 59.2 Å². The van der Waals surface area contributed by atoms with Gasteiger partial charge in [-0.25, -0.2) is 0 Å². The van der Waals surface area contributed by atoms with E-state index in [4.69, 9.17) is 14.4 Å². The van der Waals surface area contributed by atoms with Crippen molar-refractivity contribution in [3.05, 3.63) is 71.7 Å². The molecule has 152 valence electrons. The monoisotopic (exact) mass is 405 g/mol. The average Bonchev–Trinajstić information content (AvgIpc) is 3.26. The topological polar surface area (TPSA) is 125 Å². The summed E-state index contributed by atoms with van der Waals surface area (Å²) in [6, 6.07) is 14.5. The predicted octanol–water partition coefficient (Wildman–Crippen LogP) is 3.39. The number of phenols is 1. The number of aromatic hydroxyl groups is 1. The van der Waals surface area contributed by atoms with E-state index in [9.17, 15) is 14.7 Å². The highest BCUT2D eigenvalue weighted by Gasteiger charge is 2.20. The van der Waals surface area contributed by atoms with Crippen molar-refractivity contribution in [2.45, 2.75) is 13.3 Å². The molecular weight excluding hydrogens is 386 g/mol. The molecule has 0 aliphatic heterocycles. The number of hydrogen-bond acceptors (Lipinski definition) is 6. The highest BCUT2D eigenvalue weighted by Crippen LogP contribution is 2.33. The lowest BCUT2D eigenvalue weighted by Gasteiger charge is -2.11. The highest BCUT2D eigenvalue weighted by atomic mass is 16.5. The fourth-order valence-electron chi connectivity index (χ4n) is 2.73. The quantitative estimate of drug-likeness (QED) is 0.540. The molecule has 0 bridgehead atoms. The summed E-state index contributed by atoms with van der Waals surface area (Å²) in [4.78, 5) is 24.8. The number of ether oxygens (including phenoxy) is 1. The fourth-order valence-corrected chi connectivity index (χ4v) is 2.73. The van der Waals surface area contributed by atoms with E-state index >= 15 is 0 Å². The minimum atomic E-state index is -0.659. The molecule has 0 aliphatic rings. The van der Waals surface area contributed by atoms with Crippen molar-refractivity contribution in [3.8, 4) is 28.7 Å². The standard InChI is InChI=1S/C22H19N3O5/c1-2-10-29-19-6-4-3-5-16(19)17-9-11-30-20(17)22(28)25-24-21(27)14-7-8-18(26)15(12-14)13-23/h3-9,11-12,26H,2,10H2,1H3,(H,24,27)(H,25,28). The lowest BCUT2D eigenvalue weighted by Crippen LogP contribution is -2.41. The summed E-state index contributed by atoms with van der Waals surface area (Å²) in [7, 11) is 0. The molecule has 3 aromatic rings. The smallest absolute Gasteiger partial charge is 0.306 e. The Morgan fingerprint density at radius 2 is 1.87 bits per heavy atom. The number of nitrogens with one attached hydrogen (secondary N) is 2. The Hall–Kier alpha value is -4.25. The molecule has 30 heavy (non-hydrogen) atoms. The van der Waals surface area contributed by atoms with Gasteiger partial charge >= 0.3 is 5.91 Å². The molecule has 3 N–H and O–H groups in total. The van der Waals surface area contributed by atoms with E-state index < -0.39 is 11.8 Å². The van der Waals surface area contributed by atoms with Crippen LogP contribution in [0.25, 0.3) is 11.1 Å². The van der Waals surface area contributed by atoms with Gasteiger partial charge in [-0.15, -0.1) is 0 Å². The number of hydrogen-bond donors (Lipinski definition) is 3. The summed E-state index contributed by atoms with van der Waals surface area (Å²) in [5.41, 5.74) is 5.81. The molecule has 0 atom stereocenters. The molecule has 0 fully saturated rings. The van der Waals surface area contributed by atoms with Crippen LogP contribution in [0.4, 0.5) is 0 Å². The zero-order valence-corrected chi connectivity index (χ0v) is 16.1. The van der Waals surface area contributed by atoms with Crippen LogP contribution >= 0.6 is 0 Å². The number of rotatable bonds is 6. The van der Waals surface area contributed by atoms with Gasteiger partial charge in [0.05, 0.1) is 18.4 Å². The first-order valence-corrected chi connectivity index (χ1v) is 9.18. The van der Waals surface area contributed by atoms with Gasteiger partial charge in [-0.2, -0.15) is 5.26 Å². The van der Waals surface area contributed by atoms with Gasteiger partial charge in [0, 0.05) is 16.7 Å². The molecule has 0 saturated heterocycles. The normalized spacial score (nSPS) is 10.1. The van der Waals surface area contributed by atoms with Crippen molar-refractivity contribution in [1.29, 1.82) is 5.26 Å². The Labute approximate surface area is 172 Å². The molecule has 0 radical (unpaired) electrons. The number of nitriles is 1. The van der Waals surface area contributed by atoms with E-state index in [1.54, 1.807) is 18.2 Å². The molecular formula is C22H19N3O5. The van der Waals surface area contributed by atoms with E-state index in [0.717, 1.165) is 6.42 Å². The van der Waals surface area contributed by atoms with Crippen molar-refractivity contribution in [1.82, 2.24) is 10.9 Å². The number of para-hydroxylation sites is 1. The molecule has 0 aliphatic carbocycles. The first kappa shape index (κ1) is 20.5. The number of furan rings is 1. The van der Waals surface area contributed by atoms with Gasteiger partial charge in [-0.3, -0.25) is 20.4 Å². The lowest BCUT2D eigenvalue weighted by molar-refractivity contribution is 0.0831. The molecule has 0 saturated carbocycles. The summed E-state index contributed by atoms with van der Waals surface area (Å²) >= 11 is 0. The minimum absolute atomic E-state index is 0.00580. The van der Waals surface area contributed by atoms with Gasteiger partial charge in [0.15, 0.2) is 0 Å². The molecule has 0 spiro atoms. The number of carbonyl (C=O) groups excluding carboxylic acids is 2. The number of amides is 2. The summed E-state index contributed by atoms with van der Waals surface area (Å²) in [6.07, 6.45) is 2.21. The molecule has 3 rings (SSSR count). The zero-order valence-electron chi connectivity index (χ0n) is 16.1. The number of nitrogens with zero attached hydrogens (tertiary/aromatic N) is 1. The average molecular weight is 405 g/mol. The second-order valence-corrected chi connectivity index (χ2v) is 6.26. The van der Waals surface area contributed by atoms with Crippen LogP contribution < -0.4 is 15.6 Å². The van der Waals surface area contributed by atoms with Gasteiger partial charge in [0.25, 0.3) is 5.91 Å². The van der Waals surface area contributed by atoms with Crippen molar-refractivity contribution < 1.29 is 23.8 Å². The van der Waals surface area contributed by atoms with Crippen LogP contribution in [0.3, 0.4) is 0 Å². The SMILES string of the molecule is CCCOc1ccccc1-c1ccoc1C(=O)NNC(=O)c1ccc(O)c(C#N)c1. The molecule has 2 amide bonds. The maximum atomic E-state index is 12.6. The van der Waals surface area contributed by atoms with Crippen LogP contribution in [0.1, 0.15) is 39.8 Å². The second kappa shape index (κ2) is 9.30. The van der Waals surface area contributed by atoms with Crippen LogP contribution in [0.2, 0.25) is 0 Å². The van der Waals surface area contributed by atoms with E-state index in [0.29, 0.717) is 23.5 Å². The molecule has 0 unspecified atom stereocenters. The van der Waals surface area contributed by atoms with Crippen LogP contribution in [0, 0.1) is 11.3 Å². The number of phenolic OH excluding ortho intramolecular Hbond substituents is 1. The van der Waals surface area contributed by atoms with E-state index in [-0.39, 0.29) is 22.6 Å². The predicted molar refractivity (Wildman–Crippen MR) is 108 cm³/mol. The van der Waals surface area contributed by atoms with Crippen molar-refractivity contribution in [2.24, 2.45) is 0 Å². The Bertz CT molecular complexity index is 1110. The van der Waals surface area contributed by atoms with Gasteiger partial charge < -0.3 is 14.3 Å². The Kier molecular flexibility index (Phi) is 6.35. The van der Waals surface area contributed by atoms with Gasteiger partial charge in [0.1, 0.15) is 17.6 Å². The van der Waals surface area contributed by atoms with Crippen LogP contribution in [0.5, 0.6) is 11.5 Å². The van der Waals surface area contributed by atoms with Crippen molar-refractivity contribution in [2.75, 3.05) is 6.61 Å². The molecule has 8 heteroatoms. The third-order valence-corrected chi connectivity index (χ3v) is 4.18. The summed E-state index contributed by atoms with van der Waals surface area (Å²) in [5, 5.41) is 18.5. The number of carbonyl (C=O) groups is 2. The third-order valence-electron chi connectivity index (χ3n) is 4.18. The van der Waals surface area contributed by atoms with Gasteiger partial charge in [-0.05, 0) is 36.8 Å². The lowest BCUT2D eigenvalue weighted by atomic mass is 10.0. The molecule has 1 heterocycles. The van der Waals surface area contributed by atoms with E-state index in [1.807, 2.05) is 25.1 Å². The Morgan fingerprint density at radius 3 is 2.63 bits per heavy atom. The first-order valence-electron chi connectivity index (χ1n) is 9.18. The first-order chi connectivity index (χ1) is 14.5. The Morgan fingerprint density at radius 1 is 1.10 bits per heavy atom. The second-order valence-electron chi connectivity index (χ2n) is 6.26. The summed E-state index contributed by atoms with van der Waals surface area (Å²) in [6.45, 7) is 2.53. The summed E-state index contributed by atoms with van der Waals surface area (Å²) < 4.78 is 11.1. The third kappa shape index (κ3) is 4.42. The van der Waals surface area contributed by atoms with Crippen molar-refractivity contribution in [3.63, 3.8) is 0 Å². The Balaban J connectivity index is 1.75. The van der Waals surface area contributed by atoms with Gasteiger partial charge in [0.2, 0.25) is 5.76 Å². The largest absolute Gasteiger partial charge is 0.507 e. The highest BCUT2D eigenvalue weighted by molar-refractivity contribution is 6.01. The molecule has 1 aromatic heterocycles. The van der Waals surface area contributed by atoms with Crippen LogP contribution in [-0.2, 0) is 0 Å². The maximum Gasteiger partial charge on any atom is 0.306 e. The van der Waals surface area contributed by atoms with Gasteiger partial charge in [-0.1, -0.05) is 25.1 Å². The maximum absolute atomic E-state index is 12.6. The number of benzene rings is 2. The zero-order chi connectivity index (χ0) is 21.5. The van der Waals surface area contributed by atoms with Crippen molar-refractivity contribution >= 4 is 11.8 Å². The number of hydrazine groups is 1. The summed E-state index contributed by atoms with van der Waals surface area (Å²) in [5.74, 6) is -0.923. The minimum Gasteiger partial charge on any atom is -0.507 e. The molecule has 2 aromatic carbocycles. The van der Waals surface area contributed by atoms with Crippen LogP contribution in [-0.4, -0.2) is 23.5 Å². The fraction of sp³-hybridized carbons (Fsp3) is 0.136. The van der Waals surface area contributed by atoms with E-state index in [1.165, 1.54) is 24.5 Å². The van der Waals surface area contributed by atoms with E-state index in [2.05, 4.69) is 10.9 Å².